The SMILES string of the molecule is Cc1nc(Cl)nc(NC(C)C(C)C)c1Br. The predicted octanol–water partition coefficient (Wildman–Crippen LogP) is 3.66. The van der Waals surface area contributed by atoms with Crippen molar-refractivity contribution in [3.8, 4) is 0 Å². The van der Waals surface area contributed by atoms with Gasteiger partial charge in [-0.2, -0.15) is 4.98 Å². The Kier molecular flexibility index (Phi) is 4.34. The molecule has 1 rings (SSSR count). The first-order valence-corrected chi connectivity index (χ1v) is 6.05. The molecule has 0 aliphatic heterocycles. The van der Waals surface area contributed by atoms with Gasteiger partial charge in [0.05, 0.1) is 10.2 Å². The molecule has 0 bridgehead atoms. The van der Waals surface area contributed by atoms with Gasteiger partial charge in [-0.25, -0.2) is 4.98 Å². The maximum Gasteiger partial charge on any atom is 0.224 e. The fourth-order valence-electron chi connectivity index (χ4n) is 1.00. The molecule has 1 aromatic heterocycles. The van der Waals surface area contributed by atoms with Crippen molar-refractivity contribution >= 4 is 33.3 Å². The Bertz CT molecular complexity index is 355. The summed E-state index contributed by atoms with van der Waals surface area (Å²) in [6, 6.07) is 0.340. The van der Waals surface area contributed by atoms with E-state index >= 15 is 0 Å². The fraction of sp³-hybridized carbons (Fsp3) is 0.600. The predicted molar refractivity (Wildman–Crippen MR) is 67.4 cm³/mol. The van der Waals surface area contributed by atoms with Crippen molar-refractivity contribution in [1.82, 2.24) is 9.97 Å². The average Bonchev–Trinajstić information content (AvgIpc) is 2.13. The molecule has 0 aromatic carbocycles. The molecule has 15 heavy (non-hydrogen) atoms. The minimum atomic E-state index is 0.272. The number of anilines is 1. The van der Waals surface area contributed by atoms with E-state index in [0.29, 0.717) is 12.0 Å². The monoisotopic (exact) mass is 291 g/mol. The standard InChI is InChI=1S/C10H15BrClN3/c1-5(2)6(3)13-9-8(11)7(4)14-10(12)15-9/h5-6H,1-4H3,(H,13,14,15). The first-order chi connectivity index (χ1) is 6.91. The van der Waals surface area contributed by atoms with E-state index in [0.717, 1.165) is 16.0 Å². The van der Waals surface area contributed by atoms with E-state index in [1.807, 2.05) is 6.92 Å². The fourth-order valence-corrected chi connectivity index (χ4v) is 1.51. The Labute approximate surface area is 104 Å². The molecule has 0 aliphatic carbocycles. The molecule has 0 fully saturated rings. The second-order valence-electron chi connectivity index (χ2n) is 3.92. The minimum absolute atomic E-state index is 0.272. The Morgan fingerprint density at radius 2 is 1.87 bits per heavy atom. The molecule has 1 N–H and O–H groups in total. The highest BCUT2D eigenvalue weighted by atomic mass is 79.9. The van der Waals surface area contributed by atoms with Crippen LogP contribution in [0.4, 0.5) is 5.82 Å². The Balaban J connectivity index is 2.94. The van der Waals surface area contributed by atoms with Crippen LogP contribution in [0.15, 0.2) is 4.47 Å². The van der Waals surface area contributed by atoms with Gasteiger partial charge in [0.1, 0.15) is 5.82 Å². The number of aromatic nitrogens is 2. The van der Waals surface area contributed by atoms with Gasteiger partial charge in [0.25, 0.3) is 0 Å². The van der Waals surface area contributed by atoms with Crippen LogP contribution in [0.25, 0.3) is 0 Å². The second-order valence-corrected chi connectivity index (χ2v) is 5.05. The van der Waals surface area contributed by atoms with E-state index in [1.54, 1.807) is 0 Å². The summed E-state index contributed by atoms with van der Waals surface area (Å²) in [6.07, 6.45) is 0. The van der Waals surface area contributed by atoms with Crippen LogP contribution in [0.2, 0.25) is 5.28 Å². The molecule has 0 saturated heterocycles. The van der Waals surface area contributed by atoms with Crippen LogP contribution in [0, 0.1) is 12.8 Å². The molecule has 1 aromatic rings. The Morgan fingerprint density at radius 1 is 1.27 bits per heavy atom. The molecule has 0 amide bonds. The number of halogens is 2. The van der Waals surface area contributed by atoms with Crippen molar-refractivity contribution in [2.24, 2.45) is 5.92 Å². The van der Waals surface area contributed by atoms with E-state index in [1.165, 1.54) is 0 Å². The van der Waals surface area contributed by atoms with E-state index in [-0.39, 0.29) is 5.28 Å². The van der Waals surface area contributed by atoms with Gasteiger partial charge < -0.3 is 5.32 Å². The van der Waals surface area contributed by atoms with Crippen LogP contribution >= 0.6 is 27.5 Å². The van der Waals surface area contributed by atoms with Crippen LogP contribution in [-0.4, -0.2) is 16.0 Å². The summed E-state index contributed by atoms with van der Waals surface area (Å²) in [5.74, 6) is 1.29. The van der Waals surface area contributed by atoms with Crippen molar-refractivity contribution in [2.45, 2.75) is 33.7 Å². The maximum atomic E-state index is 5.80. The third-order valence-electron chi connectivity index (χ3n) is 2.35. The van der Waals surface area contributed by atoms with Crippen molar-refractivity contribution in [1.29, 1.82) is 0 Å². The molecule has 0 saturated carbocycles. The van der Waals surface area contributed by atoms with Gasteiger partial charge in [0.2, 0.25) is 5.28 Å². The summed E-state index contributed by atoms with van der Waals surface area (Å²) in [7, 11) is 0. The van der Waals surface area contributed by atoms with Crippen LogP contribution in [0.5, 0.6) is 0 Å². The molecular formula is C10H15BrClN3. The number of hydrogen-bond acceptors (Lipinski definition) is 3. The van der Waals surface area contributed by atoms with Crippen LogP contribution < -0.4 is 5.32 Å². The number of aryl methyl sites for hydroxylation is 1. The van der Waals surface area contributed by atoms with Gasteiger partial charge in [-0.05, 0) is 47.3 Å². The van der Waals surface area contributed by atoms with Crippen molar-refractivity contribution < 1.29 is 0 Å². The van der Waals surface area contributed by atoms with E-state index in [2.05, 4.69) is 52.0 Å². The average molecular weight is 293 g/mol. The smallest absolute Gasteiger partial charge is 0.224 e. The van der Waals surface area contributed by atoms with E-state index < -0.39 is 0 Å². The summed E-state index contributed by atoms with van der Waals surface area (Å²) in [5.41, 5.74) is 0.841. The van der Waals surface area contributed by atoms with E-state index in [4.69, 9.17) is 11.6 Å². The van der Waals surface area contributed by atoms with Gasteiger partial charge in [0, 0.05) is 6.04 Å². The highest BCUT2D eigenvalue weighted by molar-refractivity contribution is 9.10. The Morgan fingerprint density at radius 3 is 2.40 bits per heavy atom. The molecule has 1 atom stereocenters. The molecule has 84 valence electrons. The van der Waals surface area contributed by atoms with Crippen molar-refractivity contribution in [3.63, 3.8) is 0 Å². The van der Waals surface area contributed by atoms with Crippen molar-refractivity contribution in [3.05, 3.63) is 15.5 Å². The van der Waals surface area contributed by atoms with E-state index in [9.17, 15) is 0 Å². The lowest BCUT2D eigenvalue weighted by Gasteiger charge is -2.19. The molecule has 3 nitrogen and oxygen atoms in total. The topological polar surface area (TPSA) is 37.8 Å². The second kappa shape index (κ2) is 5.12. The summed E-state index contributed by atoms with van der Waals surface area (Å²) >= 11 is 9.25. The number of hydrogen-bond donors (Lipinski definition) is 1. The summed E-state index contributed by atoms with van der Waals surface area (Å²) in [5, 5.41) is 3.58. The zero-order valence-electron chi connectivity index (χ0n) is 9.31. The highest BCUT2D eigenvalue weighted by Gasteiger charge is 2.12. The normalized spacial score (nSPS) is 13.0. The van der Waals surface area contributed by atoms with Crippen molar-refractivity contribution in [2.75, 3.05) is 5.32 Å². The summed E-state index contributed by atoms with van der Waals surface area (Å²) in [4.78, 5) is 8.21. The quantitative estimate of drug-likeness (QED) is 0.864. The third kappa shape index (κ3) is 3.31. The van der Waals surface area contributed by atoms with Gasteiger partial charge in [0.15, 0.2) is 0 Å². The van der Waals surface area contributed by atoms with Gasteiger partial charge in [-0.1, -0.05) is 13.8 Å². The Hall–Kier alpha value is -0.350. The zero-order chi connectivity index (χ0) is 11.6. The summed E-state index contributed by atoms with van der Waals surface area (Å²) < 4.78 is 0.874. The molecule has 5 heteroatoms. The lowest BCUT2D eigenvalue weighted by Crippen LogP contribution is -2.22. The van der Waals surface area contributed by atoms with Gasteiger partial charge >= 0.3 is 0 Å². The number of nitrogens with zero attached hydrogens (tertiary/aromatic N) is 2. The maximum absolute atomic E-state index is 5.80. The van der Waals surface area contributed by atoms with Crippen LogP contribution in [-0.2, 0) is 0 Å². The molecule has 0 aliphatic rings. The molecular weight excluding hydrogens is 277 g/mol. The molecule has 0 spiro atoms. The van der Waals surface area contributed by atoms with Crippen LogP contribution in [0.3, 0.4) is 0 Å². The van der Waals surface area contributed by atoms with Gasteiger partial charge in [-0.15, -0.1) is 0 Å². The lowest BCUT2D eigenvalue weighted by molar-refractivity contribution is 0.558. The lowest BCUT2D eigenvalue weighted by atomic mass is 10.1. The largest absolute Gasteiger partial charge is 0.366 e. The molecule has 1 unspecified atom stereocenters. The van der Waals surface area contributed by atoms with Crippen LogP contribution in [0.1, 0.15) is 26.5 Å². The third-order valence-corrected chi connectivity index (χ3v) is 3.47. The van der Waals surface area contributed by atoms with Gasteiger partial charge in [-0.3, -0.25) is 0 Å². The molecule has 0 radical (unpaired) electrons. The first kappa shape index (κ1) is 12.7. The zero-order valence-corrected chi connectivity index (χ0v) is 11.6. The number of rotatable bonds is 3. The first-order valence-electron chi connectivity index (χ1n) is 4.88. The molecule has 1 heterocycles. The minimum Gasteiger partial charge on any atom is -0.366 e. The highest BCUT2D eigenvalue weighted by Crippen LogP contribution is 2.25. The summed E-state index contributed by atoms with van der Waals surface area (Å²) in [6.45, 7) is 8.31. The number of nitrogens with one attached hydrogen (secondary N) is 1.